The van der Waals surface area contributed by atoms with E-state index in [1.54, 1.807) is 12.6 Å². The van der Waals surface area contributed by atoms with Crippen LogP contribution in [0, 0.1) is 0 Å². The minimum Gasteiger partial charge on any atom is -0.464 e. The summed E-state index contributed by atoms with van der Waals surface area (Å²) in [6.07, 6.45) is 5.22. The van der Waals surface area contributed by atoms with E-state index in [0.717, 1.165) is 35.0 Å². The zero-order valence-corrected chi connectivity index (χ0v) is 16.7. The van der Waals surface area contributed by atoms with Gasteiger partial charge in [-0.2, -0.15) is 0 Å². The van der Waals surface area contributed by atoms with Crippen LogP contribution in [-0.4, -0.2) is 28.5 Å². The van der Waals surface area contributed by atoms with Crippen molar-refractivity contribution in [1.82, 2.24) is 14.9 Å². The quantitative estimate of drug-likeness (QED) is 0.392. The normalized spacial score (nSPS) is 16.8. The molecule has 0 aliphatic carbocycles. The summed E-state index contributed by atoms with van der Waals surface area (Å²) in [5.41, 5.74) is 8.44. The summed E-state index contributed by atoms with van der Waals surface area (Å²) in [5.74, 6) is 0.339. The largest absolute Gasteiger partial charge is 0.464 e. The minimum atomic E-state index is 0.339. The van der Waals surface area contributed by atoms with E-state index in [-0.39, 0.29) is 0 Å². The lowest BCUT2D eigenvalue weighted by molar-refractivity contribution is 0.295. The Morgan fingerprint density at radius 3 is 2.77 bits per heavy atom. The molecule has 1 atom stereocenters. The molecule has 0 fully saturated rings. The van der Waals surface area contributed by atoms with Crippen molar-refractivity contribution < 1.29 is 4.42 Å². The van der Waals surface area contributed by atoms with Gasteiger partial charge in [0.1, 0.15) is 11.9 Å². The van der Waals surface area contributed by atoms with E-state index in [0.29, 0.717) is 5.92 Å². The first kappa shape index (κ1) is 17.4. The van der Waals surface area contributed by atoms with Crippen LogP contribution in [0.5, 0.6) is 0 Å². The first-order chi connectivity index (χ1) is 14.7. The Morgan fingerprint density at radius 1 is 0.933 bits per heavy atom. The predicted octanol–water partition coefficient (Wildman–Crippen LogP) is 5.62. The van der Waals surface area contributed by atoms with Crippen LogP contribution in [-0.2, 0) is 6.54 Å². The van der Waals surface area contributed by atoms with E-state index in [2.05, 4.69) is 76.5 Å². The van der Waals surface area contributed by atoms with Gasteiger partial charge in [-0.05, 0) is 59.1 Å². The number of hydrogen-bond donors (Lipinski definition) is 0. The monoisotopic (exact) mass is 391 g/mol. The summed E-state index contributed by atoms with van der Waals surface area (Å²) in [7, 11) is 2.20. The molecule has 0 N–H and O–H groups in total. The van der Waals surface area contributed by atoms with E-state index in [4.69, 9.17) is 4.42 Å². The highest BCUT2D eigenvalue weighted by Crippen LogP contribution is 2.36. The Labute approximate surface area is 174 Å². The molecular formula is C26H21N3O. The van der Waals surface area contributed by atoms with Crippen molar-refractivity contribution in [3.63, 3.8) is 0 Å². The van der Waals surface area contributed by atoms with Crippen LogP contribution in [0.2, 0.25) is 0 Å². The average Bonchev–Trinajstić information content (AvgIpc) is 3.25. The molecule has 30 heavy (non-hydrogen) atoms. The van der Waals surface area contributed by atoms with E-state index in [9.17, 15) is 0 Å². The van der Waals surface area contributed by atoms with Crippen molar-refractivity contribution in [2.45, 2.75) is 12.5 Å². The molecule has 4 nitrogen and oxygen atoms in total. The maximum atomic E-state index is 5.65. The van der Waals surface area contributed by atoms with Gasteiger partial charge in [-0.25, -0.2) is 9.97 Å². The number of likely N-dealkylation sites (N-methyl/N-ethyl adjacent to an activating group) is 1. The second-order valence-electron chi connectivity index (χ2n) is 8.18. The maximum Gasteiger partial charge on any atom is 0.134 e. The maximum absolute atomic E-state index is 5.65. The summed E-state index contributed by atoms with van der Waals surface area (Å²) >= 11 is 0. The molecule has 4 heteroatoms. The molecule has 0 spiro atoms. The van der Waals surface area contributed by atoms with Gasteiger partial charge in [0.15, 0.2) is 0 Å². The minimum absolute atomic E-state index is 0.339. The molecule has 0 saturated heterocycles. The second-order valence-corrected chi connectivity index (χ2v) is 8.18. The van der Waals surface area contributed by atoms with Crippen LogP contribution < -0.4 is 0 Å². The first-order valence-electron chi connectivity index (χ1n) is 10.2. The fourth-order valence-electron chi connectivity index (χ4n) is 4.65. The number of nitrogens with zero attached hydrogens (tertiary/aromatic N) is 3. The van der Waals surface area contributed by atoms with E-state index in [1.165, 1.54) is 27.8 Å². The SMILES string of the molecule is CN1Cc2cc(-c3ccc4cncnc4c3)ccc2C(c2ccc3ccoc3c2)C1. The zero-order chi connectivity index (χ0) is 20.1. The van der Waals surface area contributed by atoms with Gasteiger partial charge in [0.2, 0.25) is 0 Å². The molecule has 0 radical (unpaired) electrons. The molecule has 5 aromatic rings. The van der Waals surface area contributed by atoms with Gasteiger partial charge in [-0.1, -0.05) is 36.4 Å². The van der Waals surface area contributed by atoms with Gasteiger partial charge in [0.05, 0.1) is 11.8 Å². The first-order valence-corrected chi connectivity index (χ1v) is 10.2. The molecule has 6 rings (SSSR count). The summed E-state index contributed by atoms with van der Waals surface area (Å²) < 4.78 is 5.65. The molecule has 1 unspecified atom stereocenters. The van der Waals surface area contributed by atoms with Gasteiger partial charge in [-0.15, -0.1) is 0 Å². The lowest BCUT2D eigenvalue weighted by atomic mass is 9.83. The fraction of sp³-hybridized carbons (Fsp3) is 0.154. The number of benzene rings is 3. The summed E-state index contributed by atoms with van der Waals surface area (Å²) in [6.45, 7) is 1.96. The second kappa shape index (κ2) is 6.78. The van der Waals surface area contributed by atoms with Crippen LogP contribution in [0.3, 0.4) is 0 Å². The summed E-state index contributed by atoms with van der Waals surface area (Å²) in [4.78, 5) is 10.9. The molecule has 0 amide bonds. The van der Waals surface area contributed by atoms with Crippen molar-refractivity contribution in [3.05, 3.63) is 96.1 Å². The highest BCUT2D eigenvalue weighted by atomic mass is 16.3. The number of rotatable bonds is 2. The van der Waals surface area contributed by atoms with Crippen molar-refractivity contribution in [2.75, 3.05) is 13.6 Å². The molecule has 0 saturated carbocycles. The Kier molecular flexibility index (Phi) is 3.93. The topological polar surface area (TPSA) is 42.2 Å². The van der Waals surface area contributed by atoms with Crippen molar-refractivity contribution in [3.8, 4) is 11.1 Å². The summed E-state index contributed by atoms with van der Waals surface area (Å²) in [5, 5.41) is 2.21. The van der Waals surface area contributed by atoms with Crippen LogP contribution >= 0.6 is 0 Å². The van der Waals surface area contributed by atoms with Crippen LogP contribution in [0.25, 0.3) is 33.0 Å². The summed E-state index contributed by atoms with van der Waals surface area (Å²) in [6, 6.07) is 21.9. The number of fused-ring (bicyclic) bond motifs is 3. The third-order valence-electron chi connectivity index (χ3n) is 6.18. The third-order valence-corrected chi connectivity index (χ3v) is 6.18. The fourth-order valence-corrected chi connectivity index (χ4v) is 4.65. The lowest BCUT2D eigenvalue weighted by Crippen LogP contribution is -2.31. The third kappa shape index (κ3) is 2.88. The highest BCUT2D eigenvalue weighted by molar-refractivity contribution is 5.83. The van der Waals surface area contributed by atoms with Crippen LogP contribution in [0.1, 0.15) is 22.6 Å². The number of furan rings is 1. The molecule has 3 heterocycles. The molecule has 146 valence electrons. The Morgan fingerprint density at radius 2 is 1.80 bits per heavy atom. The van der Waals surface area contributed by atoms with Crippen LogP contribution in [0.4, 0.5) is 0 Å². The standard InChI is InChI=1S/C26H21N3O/c1-29-14-22-10-18(19-3-5-21-13-27-16-28-25(21)11-19)6-7-23(22)24(15-29)20-4-2-17-8-9-30-26(17)12-20/h2-13,16,24H,14-15H2,1H3. The van der Waals surface area contributed by atoms with E-state index < -0.39 is 0 Å². The highest BCUT2D eigenvalue weighted by Gasteiger charge is 2.25. The van der Waals surface area contributed by atoms with Gasteiger partial charge < -0.3 is 9.32 Å². The average molecular weight is 391 g/mol. The van der Waals surface area contributed by atoms with Crippen molar-refractivity contribution in [1.29, 1.82) is 0 Å². The molecule has 3 aromatic carbocycles. The molecule has 1 aliphatic rings. The molecule has 0 bridgehead atoms. The van der Waals surface area contributed by atoms with Crippen molar-refractivity contribution >= 4 is 21.9 Å². The smallest absolute Gasteiger partial charge is 0.134 e. The predicted molar refractivity (Wildman–Crippen MR) is 119 cm³/mol. The molecule has 2 aromatic heterocycles. The number of aromatic nitrogens is 2. The van der Waals surface area contributed by atoms with Gasteiger partial charge in [0.25, 0.3) is 0 Å². The van der Waals surface area contributed by atoms with Gasteiger partial charge >= 0.3 is 0 Å². The molecule has 1 aliphatic heterocycles. The van der Waals surface area contributed by atoms with Crippen molar-refractivity contribution in [2.24, 2.45) is 0 Å². The van der Waals surface area contributed by atoms with Crippen LogP contribution in [0.15, 0.2) is 83.9 Å². The van der Waals surface area contributed by atoms with Gasteiger partial charge in [0, 0.05) is 36.0 Å². The van der Waals surface area contributed by atoms with E-state index in [1.807, 2.05) is 12.3 Å². The molecular weight excluding hydrogens is 370 g/mol. The zero-order valence-electron chi connectivity index (χ0n) is 16.7. The van der Waals surface area contributed by atoms with Gasteiger partial charge in [-0.3, -0.25) is 0 Å². The lowest BCUT2D eigenvalue weighted by Gasteiger charge is -2.33. The Bertz CT molecular complexity index is 1390. The Balaban J connectivity index is 1.43. The number of hydrogen-bond acceptors (Lipinski definition) is 4. The van der Waals surface area contributed by atoms with E-state index >= 15 is 0 Å². The Hall–Kier alpha value is -3.50.